The van der Waals surface area contributed by atoms with E-state index in [1.165, 1.54) is 0 Å². The molecule has 2 N–H and O–H groups in total. The van der Waals surface area contributed by atoms with E-state index in [0.29, 0.717) is 29.1 Å². The molecule has 8 heteroatoms. The van der Waals surface area contributed by atoms with E-state index < -0.39 is 0 Å². The monoisotopic (exact) mass is 483 g/mol. The summed E-state index contributed by atoms with van der Waals surface area (Å²) in [5, 5.41) is 11.2. The van der Waals surface area contributed by atoms with Crippen molar-refractivity contribution in [2.45, 2.75) is 31.7 Å². The molecule has 4 aromatic rings. The van der Waals surface area contributed by atoms with E-state index in [9.17, 15) is 4.79 Å². The molecule has 6 rings (SSSR count). The number of hydrogen-bond donors (Lipinski definition) is 2. The Morgan fingerprint density at radius 2 is 1.81 bits per heavy atom. The quantitative estimate of drug-likeness (QED) is 0.370. The van der Waals surface area contributed by atoms with Crippen LogP contribution in [0.15, 0.2) is 66.9 Å². The molecule has 8 nitrogen and oxygen atoms in total. The van der Waals surface area contributed by atoms with Gasteiger partial charge in [0, 0.05) is 43.0 Å². The Kier molecular flexibility index (Phi) is 6.26. The van der Waals surface area contributed by atoms with Crippen LogP contribution in [0.2, 0.25) is 0 Å². The van der Waals surface area contributed by atoms with Gasteiger partial charge in [0.25, 0.3) is 5.91 Å². The van der Waals surface area contributed by atoms with Crippen LogP contribution in [0.5, 0.6) is 11.6 Å². The van der Waals surface area contributed by atoms with Gasteiger partial charge in [0.1, 0.15) is 11.6 Å². The Labute approximate surface area is 209 Å². The number of hydrogen-bond acceptors (Lipinski definition) is 6. The Balaban J connectivity index is 1.31. The van der Waals surface area contributed by atoms with Crippen molar-refractivity contribution in [3.05, 3.63) is 72.4 Å². The highest BCUT2D eigenvalue weighted by molar-refractivity contribution is 5.95. The predicted molar refractivity (Wildman–Crippen MR) is 137 cm³/mol. The van der Waals surface area contributed by atoms with Crippen LogP contribution in [0.4, 0.5) is 5.82 Å². The molecule has 3 heterocycles. The second-order valence-electron chi connectivity index (χ2n) is 9.45. The Morgan fingerprint density at radius 3 is 2.56 bits per heavy atom. The number of aromatic nitrogens is 3. The largest absolute Gasteiger partial charge is 0.439 e. The van der Waals surface area contributed by atoms with E-state index in [1.54, 1.807) is 0 Å². The minimum atomic E-state index is -0.0276. The molecule has 1 saturated carbocycles. The third kappa shape index (κ3) is 5.04. The molecule has 1 aliphatic heterocycles. The number of rotatable bonds is 8. The van der Waals surface area contributed by atoms with E-state index in [2.05, 4.69) is 15.7 Å². The van der Waals surface area contributed by atoms with Crippen LogP contribution in [-0.4, -0.2) is 46.3 Å². The van der Waals surface area contributed by atoms with Gasteiger partial charge in [-0.05, 0) is 61.4 Å². The minimum absolute atomic E-state index is 0.0276. The first-order valence-corrected chi connectivity index (χ1v) is 12.6. The SMILES string of the molecule is O=C(NC1CC1)c1ccc(-c2cnn3c(NCC4CCOCC4)cc(Oc4ccccc4)nc23)cc1. The zero-order valence-corrected chi connectivity index (χ0v) is 20.0. The fourth-order valence-electron chi connectivity index (χ4n) is 4.43. The van der Waals surface area contributed by atoms with Gasteiger partial charge in [0.15, 0.2) is 5.65 Å². The zero-order chi connectivity index (χ0) is 24.3. The van der Waals surface area contributed by atoms with Crippen molar-refractivity contribution >= 4 is 17.4 Å². The number of carbonyl (C=O) groups excluding carboxylic acids is 1. The maximum atomic E-state index is 12.4. The van der Waals surface area contributed by atoms with Crippen molar-refractivity contribution < 1.29 is 14.3 Å². The number of para-hydroxylation sites is 1. The number of benzene rings is 2. The maximum absolute atomic E-state index is 12.4. The van der Waals surface area contributed by atoms with Gasteiger partial charge < -0.3 is 20.1 Å². The van der Waals surface area contributed by atoms with Gasteiger partial charge in [-0.25, -0.2) is 0 Å². The molecule has 0 unspecified atom stereocenters. The lowest BCUT2D eigenvalue weighted by atomic mass is 10.0. The minimum Gasteiger partial charge on any atom is -0.439 e. The molecule has 2 aromatic carbocycles. The highest BCUT2D eigenvalue weighted by atomic mass is 16.5. The summed E-state index contributed by atoms with van der Waals surface area (Å²) in [4.78, 5) is 17.2. The lowest BCUT2D eigenvalue weighted by Gasteiger charge is -2.22. The molecule has 2 fully saturated rings. The molecule has 0 atom stereocenters. The molecular formula is C28H29N5O3. The fraction of sp³-hybridized carbons (Fsp3) is 0.321. The number of ether oxygens (including phenoxy) is 2. The number of nitrogens with zero attached hydrogens (tertiary/aromatic N) is 3. The normalized spacial score (nSPS) is 16.1. The van der Waals surface area contributed by atoms with E-state index in [-0.39, 0.29) is 5.91 Å². The zero-order valence-electron chi connectivity index (χ0n) is 20.0. The molecular weight excluding hydrogens is 454 g/mol. The van der Waals surface area contributed by atoms with Gasteiger partial charge in [-0.1, -0.05) is 30.3 Å². The van der Waals surface area contributed by atoms with Crippen molar-refractivity contribution in [1.29, 1.82) is 0 Å². The van der Waals surface area contributed by atoms with Crippen molar-refractivity contribution in [1.82, 2.24) is 19.9 Å². The van der Waals surface area contributed by atoms with Crippen molar-refractivity contribution in [2.24, 2.45) is 5.92 Å². The Hall–Kier alpha value is -3.91. The first kappa shape index (κ1) is 22.5. The molecule has 0 radical (unpaired) electrons. The molecule has 1 amide bonds. The molecule has 0 bridgehead atoms. The summed E-state index contributed by atoms with van der Waals surface area (Å²) in [6, 6.07) is 19.4. The Bertz CT molecular complexity index is 1340. The topological polar surface area (TPSA) is 89.8 Å². The average molecular weight is 484 g/mol. The summed E-state index contributed by atoms with van der Waals surface area (Å²) in [5.74, 6) is 2.55. The molecule has 184 valence electrons. The van der Waals surface area contributed by atoms with Crippen LogP contribution in [0.1, 0.15) is 36.0 Å². The van der Waals surface area contributed by atoms with Crippen molar-refractivity contribution in [2.75, 3.05) is 25.1 Å². The Morgan fingerprint density at radius 1 is 1.03 bits per heavy atom. The van der Waals surface area contributed by atoms with Crippen molar-refractivity contribution in [3.63, 3.8) is 0 Å². The molecule has 1 saturated heterocycles. The van der Waals surface area contributed by atoms with Crippen LogP contribution < -0.4 is 15.4 Å². The standard InChI is InChI=1S/C28H29N5O3/c34-28(31-22-10-11-22)21-8-6-20(7-9-21)24-18-30-33-25(29-17-19-12-14-35-15-13-19)16-26(32-27(24)33)36-23-4-2-1-3-5-23/h1-9,16,18-19,22,29H,10-15,17H2,(H,31,34). The van der Waals surface area contributed by atoms with Crippen molar-refractivity contribution in [3.8, 4) is 22.8 Å². The van der Waals surface area contributed by atoms with Crippen LogP contribution in [0.3, 0.4) is 0 Å². The predicted octanol–water partition coefficient (Wildman–Crippen LogP) is 4.92. The van der Waals surface area contributed by atoms with Crippen LogP contribution in [0.25, 0.3) is 16.8 Å². The molecule has 0 spiro atoms. The lowest BCUT2D eigenvalue weighted by molar-refractivity contribution is 0.0699. The van der Waals surface area contributed by atoms with Crippen LogP contribution in [0, 0.1) is 5.92 Å². The maximum Gasteiger partial charge on any atom is 0.251 e. The lowest BCUT2D eigenvalue weighted by Crippen LogP contribution is -2.25. The van der Waals surface area contributed by atoms with E-state index in [4.69, 9.17) is 14.5 Å². The third-order valence-corrected chi connectivity index (χ3v) is 6.70. The number of carbonyl (C=O) groups is 1. The number of nitrogens with one attached hydrogen (secondary N) is 2. The third-order valence-electron chi connectivity index (χ3n) is 6.70. The second kappa shape index (κ2) is 9.99. The van der Waals surface area contributed by atoms with E-state index in [0.717, 1.165) is 68.1 Å². The molecule has 36 heavy (non-hydrogen) atoms. The van der Waals surface area contributed by atoms with E-state index >= 15 is 0 Å². The van der Waals surface area contributed by atoms with Gasteiger partial charge in [-0.15, -0.1) is 0 Å². The first-order chi connectivity index (χ1) is 17.7. The summed E-state index contributed by atoms with van der Waals surface area (Å²) in [6.07, 6.45) is 6.03. The summed E-state index contributed by atoms with van der Waals surface area (Å²) in [6.45, 7) is 2.44. The highest BCUT2D eigenvalue weighted by Gasteiger charge is 2.24. The van der Waals surface area contributed by atoms with E-state index in [1.807, 2.05) is 71.4 Å². The summed E-state index contributed by atoms with van der Waals surface area (Å²) >= 11 is 0. The van der Waals surface area contributed by atoms with Gasteiger partial charge in [-0.3, -0.25) is 4.79 Å². The average Bonchev–Trinajstić information content (AvgIpc) is 3.64. The van der Waals surface area contributed by atoms with Crippen LogP contribution in [-0.2, 0) is 4.74 Å². The summed E-state index contributed by atoms with van der Waals surface area (Å²) < 4.78 is 13.4. The first-order valence-electron chi connectivity index (χ1n) is 12.6. The molecule has 2 aromatic heterocycles. The second-order valence-corrected chi connectivity index (χ2v) is 9.45. The highest BCUT2D eigenvalue weighted by Crippen LogP contribution is 2.30. The van der Waals surface area contributed by atoms with Gasteiger partial charge in [0.2, 0.25) is 5.88 Å². The van der Waals surface area contributed by atoms with Gasteiger partial charge >= 0.3 is 0 Å². The fourth-order valence-corrected chi connectivity index (χ4v) is 4.43. The smallest absolute Gasteiger partial charge is 0.251 e. The number of anilines is 1. The molecule has 2 aliphatic rings. The van der Waals surface area contributed by atoms with Gasteiger partial charge in [0.05, 0.1) is 6.20 Å². The summed E-state index contributed by atoms with van der Waals surface area (Å²) in [7, 11) is 0. The number of amides is 1. The van der Waals surface area contributed by atoms with Crippen LogP contribution >= 0.6 is 0 Å². The summed E-state index contributed by atoms with van der Waals surface area (Å²) in [5.41, 5.74) is 3.15. The van der Waals surface area contributed by atoms with Gasteiger partial charge in [-0.2, -0.15) is 14.6 Å². The molecule has 1 aliphatic carbocycles. The number of fused-ring (bicyclic) bond motifs is 1.